The van der Waals surface area contributed by atoms with Crippen molar-refractivity contribution >= 4 is 21.6 Å². The van der Waals surface area contributed by atoms with Crippen molar-refractivity contribution in [2.75, 3.05) is 18.4 Å². The largest absolute Gasteiger partial charge is 0.416 e. The lowest BCUT2D eigenvalue weighted by atomic mass is 9.98. The van der Waals surface area contributed by atoms with E-state index in [1.54, 1.807) is 13.8 Å². The van der Waals surface area contributed by atoms with Gasteiger partial charge in [-0.2, -0.15) is 17.5 Å². The van der Waals surface area contributed by atoms with Gasteiger partial charge in [0.1, 0.15) is 0 Å². The number of anilines is 1. The average Bonchev–Trinajstić information content (AvgIpc) is 2.66. The first-order valence-corrected chi connectivity index (χ1v) is 11.4. The number of aryl methyl sites for hydroxylation is 3. The summed E-state index contributed by atoms with van der Waals surface area (Å²) in [4.78, 5) is 12.9. The van der Waals surface area contributed by atoms with E-state index in [9.17, 15) is 26.4 Å². The number of nitrogens with zero attached hydrogens (tertiary/aromatic N) is 1. The highest BCUT2D eigenvalue weighted by Gasteiger charge is 2.35. The third-order valence-corrected chi connectivity index (χ3v) is 7.61. The lowest BCUT2D eigenvalue weighted by Gasteiger charge is -2.32. The fourth-order valence-corrected chi connectivity index (χ4v) is 6.00. The molecule has 0 spiro atoms. The lowest BCUT2D eigenvalue weighted by Crippen LogP contribution is -2.44. The summed E-state index contributed by atoms with van der Waals surface area (Å²) in [5.74, 6) is -0.992. The minimum Gasteiger partial charge on any atom is -0.326 e. The van der Waals surface area contributed by atoms with Crippen LogP contribution in [0.5, 0.6) is 0 Å². The highest BCUT2D eigenvalue weighted by molar-refractivity contribution is 7.89. The Kier molecular flexibility index (Phi) is 6.48. The molecule has 168 valence electrons. The molecule has 0 aromatic heterocycles. The van der Waals surface area contributed by atoms with Crippen molar-refractivity contribution in [3.63, 3.8) is 0 Å². The number of carbonyl (C=O) groups excluding carboxylic acids is 1. The Morgan fingerprint density at radius 2 is 1.65 bits per heavy atom. The number of hydrogen-bond acceptors (Lipinski definition) is 3. The van der Waals surface area contributed by atoms with E-state index in [-0.39, 0.29) is 17.1 Å². The maximum atomic E-state index is 13.3. The topological polar surface area (TPSA) is 66.5 Å². The van der Waals surface area contributed by atoms with Gasteiger partial charge >= 0.3 is 6.18 Å². The van der Waals surface area contributed by atoms with Crippen molar-refractivity contribution in [2.24, 2.45) is 5.92 Å². The Labute approximate surface area is 180 Å². The quantitative estimate of drug-likeness (QED) is 0.730. The van der Waals surface area contributed by atoms with Crippen molar-refractivity contribution in [1.82, 2.24) is 4.31 Å². The molecule has 5 nitrogen and oxygen atoms in total. The van der Waals surface area contributed by atoms with Crippen LogP contribution in [0.1, 0.15) is 35.1 Å². The van der Waals surface area contributed by atoms with Crippen molar-refractivity contribution < 1.29 is 26.4 Å². The van der Waals surface area contributed by atoms with E-state index < -0.39 is 33.6 Å². The fraction of sp³-hybridized carbons (Fsp3) is 0.409. The Balaban J connectivity index is 1.75. The minimum absolute atomic E-state index is 0.0293. The molecule has 1 N–H and O–H groups in total. The molecular formula is C22H25F3N2O3S. The second-order valence-electron chi connectivity index (χ2n) is 7.99. The zero-order valence-corrected chi connectivity index (χ0v) is 18.4. The number of rotatable bonds is 4. The van der Waals surface area contributed by atoms with Crippen molar-refractivity contribution in [2.45, 2.75) is 44.7 Å². The minimum atomic E-state index is -4.45. The summed E-state index contributed by atoms with van der Waals surface area (Å²) in [7, 11) is -3.77. The molecule has 1 aliphatic rings. The zero-order chi connectivity index (χ0) is 23.0. The summed E-state index contributed by atoms with van der Waals surface area (Å²) in [6.07, 6.45) is -3.42. The van der Waals surface area contributed by atoms with E-state index in [4.69, 9.17) is 0 Å². The van der Waals surface area contributed by atoms with E-state index in [1.165, 1.54) is 16.4 Å². The number of benzene rings is 2. The maximum Gasteiger partial charge on any atom is 0.416 e. The highest BCUT2D eigenvalue weighted by atomic mass is 32.2. The molecule has 1 aliphatic heterocycles. The number of piperidine rings is 1. The first kappa shape index (κ1) is 23.3. The maximum absolute atomic E-state index is 13.3. The summed E-state index contributed by atoms with van der Waals surface area (Å²) in [5.41, 5.74) is 1.73. The van der Waals surface area contributed by atoms with Crippen LogP contribution in [-0.4, -0.2) is 31.7 Å². The van der Waals surface area contributed by atoms with E-state index >= 15 is 0 Å². The summed E-state index contributed by atoms with van der Waals surface area (Å²) >= 11 is 0. The molecule has 0 aliphatic carbocycles. The smallest absolute Gasteiger partial charge is 0.326 e. The Hall–Kier alpha value is -2.39. The first-order valence-electron chi connectivity index (χ1n) is 9.95. The Morgan fingerprint density at radius 1 is 1.06 bits per heavy atom. The van der Waals surface area contributed by atoms with Gasteiger partial charge in [-0.1, -0.05) is 17.7 Å². The zero-order valence-electron chi connectivity index (χ0n) is 17.6. The molecule has 0 saturated carbocycles. The Morgan fingerprint density at radius 3 is 2.19 bits per heavy atom. The van der Waals surface area contributed by atoms with Crippen LogP contribution in [-0.2, 0) is 21.0 Å². The van der Waals surface area contributed by atoms with E-state index in [2.05, 4.69) is 5.32 Å². The summed E-state index contributed by atoms with van der Waals surface area (Å²) < 4.78 is 66.0. The molecule has 2 aromatic carbocycles. The number of amides is 1. The van der Waals surface area contributed by atoms with Gasteiger partial charge in [-0.15, -0.1) is 0 Å². The van der Waals surface area contributed by atoms with Gasteiger partial charge in [0.2, 0.25) is 15.9 Å². The van der Waals surface area contributed by atoms with Crippen LogP contribution in [0.3, 0.4) is 0 Å². The molecule has 1 fully saturated rings. The van der Waals surface area contributed by atoms with Crippen molar-refractivity contribution in [3.8, 4) is 0 Å². The summed E-state index contributed by atoms with van der Waals surface area (Å²) in [6.45, 7) is 5.76. The number of halogens is 3. The monoisotopic (exact) mass is 454 g/mol. The molecule has 3 rings (SSSR count). The number of carbonyl (C=O) groups is 1. The molecule has 1 atom stereocenters. The second kappa shape index (κ2) is 8.63. The van der Waals surface area contributed by atoms with Crippen LogP contribution in [0.15, 0.2) is 41.3 Å². The third-order valence-electron chi connectivity index (χ3n) is 5.44. The van der Waals surface area contributed by atoms with Crippen LogP contribution in [0.4, 0.5) is 18.9 Å². The van der Waals surface area contributed by atoms with Gasteiger partial charge in [0.15, 0.2) is 0 Å². The number of hydrogen-bond donors (Lipinski definition) is 1. The third kappa shape index (κ3) is 5.10. The predicted molar refractivity (Wildman–Crippen MR) is 112 cm³/mol. The molecule has 9 heteroatoms. The molecule has 1 amide bonds. The van der Waals surface area contributed by atoms with Crippen LogP contribution < -0.4 is 5.32 Å². The second-order valence-corrected chi connectivity index (χ2v) is 9.87. The first-order chi connectivity index (χ1) is 14.4. The molecule has 2 aromatic rings. The van der Waals surface area contributed by atoms with Crippen LogP contribution in [0, 0.1) is 26.7 Å². The summed E-state index contributed by atoms with van der Waals surface area (Å²) in [6, 6.07) is 7.82. The summed E-state index contributed by atoms with van der Waals surface area (Å²) in [5, 5.41) is 2.60. The van der Waals surface area contributed by atoms with E-state index in [0.717, 1.165) is 17.7 Å². The van der Waals surface area contributed by atoms with Crippen molar-refractivity contribution in [1.29, 1.82) is 0 Å². The standard InChI is InChI=1S/C22H25F3N2O3S/c1-14-11-15(2)20(16(3)12-14)31(29,30)27-10-4-5-17(13-27)21(28)26-19-8-6-18(7-9-19)22(23,24)25/h6-9,11-12,17H,4-5,10,13H2,1-3H3,(H,26,28)/t17-/m1/s1. The molecule has 1 heterocycles. The van der Waals surface area contributed by atoms with Gasteiger partial charge in [-0.05, 0) is 69.0 Å². The van der Waals surface area contributed by atoms with Gasteiger partial charge in [0.05, 0.1) is 16.4 Å². The molecule has 31 heavy (non-hydrogen) atoms. The molecule has 0 bridgehead atoms. The number of alkyl halides is 3. The molecular weight excluding hydrogens is 429 g/mol. The molecule has 1 saturated heterocycles. The number of nitrogens with one attached hydrogen (secondary N) is 1. The van der Waals surface area contributed by atoms with Crippen molar-refractivity contribution in [3.05, 3.63) is 58.7 Å². The van der Waals surface area contributed by atoms with Gasteiger partial charge in [-0.25, -0.2) is 8.42 Å². The van der Waals surface area contributed by atoms with Gasteiger partial charge in [-0.3, -0.25) is 4.79 Å². The SMILES string of the molecule is Cc1cc(C)c(S(=O)(=O)N2CCC[C@@H](C(=O)Nc3ccc(C(F)(F)F)cc3)C2)c(C)c1. The lowest BCUT2D eigenvalue weighted by molar-refractivity contribution is -0.137. The van der Waals surface area contributed by atoms with Crippen LogP contribution >= 0.6 is 0 Å². The predicted octanol–water partition coefficient (Wildman–Crippen LogP) is 4.67. The van der Waals surface area contributed by atoms with Crippen LogP contribution in [0.2, 0.25) is 0 Å². The van der Waals surface area contributed by atoms with E-state index in [0.29, 0.717) is 30.5 Å². The highest BCUT2D eigenvalue weighted by Crippen LogP contribution is 2.31. The molecule has 0 unspecified atom stereocenters. The van der Waals surface area contributed by atoms with Gasteiger partial charge < -0.3 is 5.32 Å². The van der Waals surface area contributed by atoms with Gasteiger partial charge in [0.25, 0.3) is 0 Å². The molecule has 0 radical (unpaired) electrons. The van der Waals surface area contributed by atoms with Crippen LogP contribution in [0.25, 0.3) is 0 Å². The Bertz CT molecular complexity index is 1060. The van der Waals surface area contributed by atoms with Gasteiger partial charge in [0, 0.05) is 18.8 Å². The number of sulfonamides is 1. The fourth-order valence-electron chi connectivity index (χ4n) is 4.06. The van der Waals surface area contributed by atoms with E-state index in [1.807, 2.05) is 19.1 Å². The average molecular weight is 455 g/mol. The normalized spacial score (nSPS) is 18.1.